The van der Waals surface area contributed by atoms with Gasteiger partial charge in [0.25, 0.3) is 0 Å². The first-order valence-electron chi connectivity index (χ1n) is 6.37. The van der Waals surface area contributed by atoms with Crippen LogP contribution in [0.5, 0.6) is 0 Å². The third-order valence-corrected chi connectivity index (χ3v) is 3.25. The minimum Gasteiger partial charge on any atom is -0.373 e. The van der Waals surface area contributed by atoms with E-state index in [-0.39, 0.29) is 0 Å². The second-order valence-corrected chi connectivity index (χ2v) is 5.30. The summed E-state index contributed by atoms with van der Waals surface area (Å²) in [6.45, 7) is 8.76. The average molecular weight is 234 g/mol. The Balaban J connectivity index is 2.23. The Hall–Kier alpha value is -1.32. The fraction of sp³-hybridized carbons (Fsp3) is 0.692. The first-order chi connectivity index (χ1) is 8.08. The van der Waals surface area contributed by atoms with Crippen molar-refractivity contribution in [2.24, 2.45) is 11.8 Å². The smallest absolute Gasteiger partial charge is 0.227 e. The van der Waals surface area contributed by atoms with Crippen molar-refractivity contribution in [1.29, 1.82) is 0 Å². The highest BCUT2D eigenvalue weighted by Gasteiger charge is 2.23. The van der Waals surface area contributed by atoms with Crippen molar-refractivity contribution in [1.82, 2.24) is 9.97 Å². The Kier molecular flexibility index (Phi) is 3.50. The summed E-state index contributed by atoms with van der Waals surface area (Å²) in [7, 11) is 1.90. The van der Waals surface area contributed by atoms with Gasteiger partial charge in [0, 0.05) is 31.9 Å². The molecule has 17 heavy (non-hydrogen) atoms. The summed E-state index contributed by atoms with van der Waals surface area (Å²) < 4.78 is 0. The van der Waals surface area contributed by atoms with E-state index in [4.69, 9.17) is 0 Å². The number of piperidine rings is 1. The number of aryl methyl sites for hydroxylation is 1. The molecule has 0 radical (unpaired) electrons. The van der Waals surface area contributed by atoms with Crippen LogP contribution in [0, 0.1) is 18.8 Å². The van der Waals surface area contributed by atoms with E-state index in [1.54, 1.807) is 0 Å². The van der Waals surface area contributed by atoms with Crippen LogP contribution in [0.4, 0.5) is 11.8 Å². The predicted molar refractivity (Wildman–Crippen MR) is 71.5 cm³/mol. The molecule has 0 saturated carbocycles. The first kappa shape index (κ1) is 12.1. The van der Waals surface area contributed by atoms with Gasteiger partial charge in [-0.2, -0.15) is 4.98 Å². The molecule has 2 unspecified atom stereocenters. The molecule has 0 spiro atoms. The lowest BCUT2D eigenvalue weighted by Gasteiger charge is -2.35. The molecule has 2 rings (SSSR count). The predicted octanol–water partition coefficient (Wildman–Crippen LogP) is 2.31. The third kappa shape index (κ3) is 2.87. The number of aromatic nitrogens is 2. The Morgan fingerprint density at radius 1 is 1.24 bits per heavy atom. The van der Waals surface area contributed by atoms with Gasteiger partial charge in [0.15, 0.2) is 0 Å². The second-order valence-electron chi connectivity index (χ2n) is 5.30. The number of nitrogens with zero attached hydrogens (tertiary/aromatic N) is 3. The molecule has 0 aliphatic carbocycles. The van der Waals surface area contributed by atoms with Crippen molar-refractivity contribution in [3.8, 4) is 0 Å². The van der Waals surface area contributed by atoms with Gasteiger partial charge in [0.05, 0.1) is 0 Å². The summed E-state index contributed by atoms with van der Waals surface area (Å²) in [5.74, 6) is 3.22. The molecule has 1 aliphatic heterocycles. The van der Waals surface area contributed by atoms with Gasteiger partial charge >= 0.3 is 0 Å². The van der Waals surface area contributed by atoms with Crippen LogP contribution in [-0.4, -0.2) is 30.1 Å². The molecule has 1 fully saturated rings. The minimum absolute atomic E-state index is 0.723. The summed E-state index contributed by atoms with van der Waals surface area (Å²) in [5, 5.41) is 3.09. The molecular weight excluding hydrogens is 212 g/mol. The highest BCUT2D eigenvalue weighted by molar-refractivity contribution is 5.43. The first-order valence-corrected chi connectivity index (χ1v) is 6.37. The summed E-state index contributed by atoms with van der Waals surface area (Å²) in [6.07, 6.45) is 1.31. The van der Waals surface area contributed by atoms with Crippen molar-refractivity contribution in [2.75, 3.05) is 30.4 Å². The molecule has 4 nitrogen and oxygen atoms in total. The molecule has 1 N–H and O–H groups in total. The fourth-order valence-electron chi connectivity index (χ4n) is 2.65. The summed E-state index contributed by atoms with van der Waals surface area (Å²) in [6, 6.07) is 1.97. The maximum Gasteiger partial charge on any atom is 0.227 e. The molecule has 1 aromatic heterocycles. The molecule has 0 amide bonds. The van der Waals surface area contributed by atoms with E-state index >= 15 is 0 Å². The molecule has 0 aromatic carbocycles. The summed E-state index contributed by atoms with van der Waals surface area (Å²) in [5.41, 5.74) is 1.02. The normalized spacial score (nSPS) is 24.8. The van der Waals surface area contributed by atoms with Gasteiger partial charge in [-0.05, 0) is 25.2 Å². The lowest BCUT2D eigenvalue weighted by molar-refractivity contribution is 0.353. The Morgan fingerprint density at radius 2 is 1.88 bits per heavy atom. The summed E-state index contributed by atoms with van der Waals surface area (Å²) in [4.78, 5) is 11.4. The molecule has 0 bridgehead atoms. The summed E-state index contributed by atoms with van der Waals surface area (Å²) >= 11 is 0. The Labute approximate surface area is 103 Å². The molecule has 94 valence electrons. The number of nitrogens with one attached hydrogen (secondary N) is 1. The highest BCUT2D eigenvalue weighted by Crippen LogP contribution is 2.24. The van der Waals surface area contributed by atoms with Crippen LogP contribution in [0.2, 0.25) is 0 Å². The largest absolute Gasteiger partial charge is 0.373 e. The number of anilines is 2. The van der Waals surface area contributed by atoms with Crippen molar-refractivity contribution in [2.45, 2.75) is 27.2 Å². The van der Waals surface area contributed by atoms with Gasteiger partial charge in [-0.15, -0.1) is 0 Å². The van der Waals surface area contributed by atoms with Crippen LogP contribution in [0.3, 0.4) is 0 Å². The quantitative estimate of drug-likeness (QED) is 0.852. The van der Waals surface area contributed by atoms with E-state index in [2.05, 4.69) is 34.0 Å². The van der Waals surface area contributed by atoms with E-state index < -0.39 is 0 Å². The lowest BCUT2D eigenvalue weighted by Crippen LogP contribution is -2.39. The maximum atomic E-state index is 4.55. The van der Waals surface area contributed by atoms with Crippen molar-refractivity contribution in [3.63, 3.8) is 0 Å². The number of hydrogen-bond acceptors (Lipinski definition) is 4. The van der Waals surface area contributed by atoms with E-state index in [0.717, 1.165) is 42.4 Å². The molecular formula is C13H22N4. The zero-order chi connectivity index (χ0) is 12.4. The molecule has 1 saturated heterocycles. The van der Waals surface area contributed by atoms with Gasteiger partial charge in [0.2, 0.25) is 5.95 Å². The number of hydrogen-bond donors (Lipinski definition) is 1. The van der Waals surface area contributed by atoms with E-state index in [1.165, 1.54) is 6.42 Å². The fourth-order valence-corrected chi connectivity index (χ4v) is 2.65. The van der Waals surface area contributed by atoms with Crippen LogP contribution in [0.1, 0.15) is 26.0 Å². The average Bonchev–Trinajstić information content (AvgIpc) is 2.26. The SMILES string of the molecule is CNc1cc(C)nc(N2CC(C)CC(C)C2)n1. The molecule has 4 heteroatoms. The second kappa shape index (κ2) is 4.90. The zero-order valence-corrected chi connectivity index (χ0v) is 11.2. The maximum absolute atomic E-state index is 4.55. The van der Waals surface area contributed by atoms with Crippen molar-refractivity contribution >= 4 is 11.8 Å². The topological polar surface area (TPSA) is 41.1 Å². The van der Waals surface area contributed by atoms with Crippen molar-refractivity contribution < 1.29 is 0 Å². The highest BCUT2D eigenvalue weighted by atomic mass is 15.3. The molecule has 2 heterocycles. The van der Waals surface area contributed by atoms with E-state index in [9.17, 15) is 0 Å². The van der Waals surface area contributed by atoms with E-state index in [1.807, 2.05) is 20.0 Å². The third-order valence-electron chi connectivity index (χ3n) is 3.25. The zero-order valence-electron chi connectivity index (χ0n) is 11.2. The van der Waals surface area contributed by atoms with Gasteiger partial charge in [-0.3, -0.25) is 0 Å². The van der Waals surface area contributed by atoms with Gasteiger partial charge in [-0.25, -0.2) is 4.98 Å². The van der Waals surface area contributed by atoms with Crippen LogP contribution >= 0.6 is 0 Å². The Morgan fingerprint density at radius 3 is 2.47 bits per heavy atom. The van der Waals surface area contributed by atoms with Crippen LogP contribution in [0.15, 0.2) is 6.07 Å². The molecule has 1 aliphatic rings. The van der Waals surface area contributed by atoms with Crippen LogP contribution in [0.25, 0.3) is 0 Å². The van der Waals surface area contributed by atoms with Crippen molar-refractivity contribution in [3.05, 3.63) is 11.8 Å². The molecule has 1 aromatic rings. The van der Waals surface area contributed by atoms with Crippen LogP contribution in [-0.2, 0) is 0 Å². The standard InChI is InChI=1S/C13H22N4/c1-9-5-10(2)8-17(7-9)13-15-11(3)6-12(14-4)16-13/h6,9-10H,5,7-8H2,1-4H3,(H,14,15,16). The minimum atomic E-state index is 0.723. The van der Waals surface area contributed by atoms with Crippen LogP contribution < -0.4 is 10.2 Å². The Bertz CT molecular complexity index is 381. The monoisotopic (exact) mass is 234 g/mol. The lowest BCUT2D eigenvalue weighted by atomic mass is 9.92. The van der Waals surface area contributed by atoms with Gasteiger partial charge < -0.3 is 10.2 Å². The molecule has 2 atom stereocenters. The van der Waals surface area contributed by atoms with Gasteiger partial charge in [-0.1, -0.05) is 13.8 Å². The number of rotatable bonds is 2. The van der Waals surface area contributed by atoms with Gasteiger partial charge in [0.1, 0.15) is 5.82 Å². The van der Waals surface area contributed by atoms with E-state index in [0.29, 0.717) is 0 Å².